The van der Waals surface area contributed by atoms with Crippen LogP contribution in [0.15, 0.2) is 31.9 Å². The Morgan fingerprint density at radius 2 is 2.26 bits per heavy atom. The highest BCUT2D eigenvalue weighted by atomic mass is 79.9. The zero-order chi connectivity index (χ0) is 14.0. The van der Waals surface area contributed by atoms with Gasteiger partial charge < -0.3 is 9.52 Å². The molecule has 5 heteroatoms. The maximum atomic E-state index is 11.3. The SMILES string of the molecule is C#CCN(C)Cc1c(O)c(Br)cc2ccc(=O)oc12. The number of aromatic hydroxyl groups is 1. The summed E-state index contributed by atoms with van der Waals surface area (Å²) in [6, 6.07) is 4.72. The van der Waals surface area contributed by atoms with Crippen molar-refractivity contribution in [1.29, 1.82) is 0 Å². The van der Waals surface area contributed by atoms with Crippen LogP contribution in [0.2, 0.25) is 0 Å². The fraction of sp³-hybridized carbons (Fsp3) is 0.214. The van der Waals surface area contributed by atoms with Crippen molar-refractivity contribution in [3.63, 3.8) is 0 Å². The van der Waals surface area contributed by atoms with Crippen molar-refractivity contribution in [2.45, 2.75) is 6.54 Å². The summed E-state index contributed by atoms with van der Waals surface area (Å²) in [5.41, 5.74) is 0.479. The van der Waals surface area contributed by atoms with Gasteiger partial charge in [-0.1, -0.05) is 5.92 Å². The third kappa shape index (κ3) is 2.80. The Bertz CT molecular complexity index is 715. The van der Waals surface area contributed by atoms with Crippen LogP contribution in [0.1, 0.15) is 5.56 Å². The van der Waals surface area contributed by atoms with Crippen LogP contribution in [0.3, 0.4) is 0 Å². The monoisotopic (exact) mass is 321 g/mol. The molecule has 0 amide bonds. The highest BCUT2D eigenvalue weighted by Crippen LogP contribution is 2.34. The van der Waals surface area contributed by atoms with Gasteiger partial charge >= 0.3 is 5.63 Å². The lowest BCUT2D eigenvalue weighted by Gasteiger charge is -2.16. The second-order valence-corrected chi connectivity index (χ2v) is 5.09. The number of nitrogens with zero attached hydrogens (tertiary/aromatic N) is 1. The number of halogens is 1. The average Bonchev–Trinajstić information content (AvgIpc) is 2.36. The molecule has 1 aromatic heterocycles. The van der Waals surface area contributed by atoms with E-state index in [0.29, 0.717) is 28.7 Å². The Morgan fingerprint density at radius 1 is 1.53 bits per heavy atom. The summed E-state index contributed by atoms with van der Waals surface area (Å²) in [7, 11) is 1.83. The van der Waals surface area contributed by atoms with Crippen molar-refractivity contribution in [3.05, 3.63) is 38.7 Å². The minimum atomic E-state index is -0.449. The van der Waals surface area contributed by atoms with Gasteiger partial charge in [0.1, 0.15) is 11.3 Å². The zero-order valence-electron chi connectivity index (χ0n) is 10.3. The maximum Gasteiger partial charge on any atom is 0.336 e. The summed E-state index contributed by atoms with van der Waals surface area (Å²) in [4.78, 5) is 13.2. The molecule has 0 atom stereocenters. The predicted molar refractivity (Wildman–Crippen MR) is 77.0 cm³/mol. The normalized spacial score (nSPS) is 10.8. The van der Waals surface area contributed by atoms with Crippen LogP contribution in [0, 0.1) is 12.3 Å². The predicted octanol–water partition coefficient (Wildman–Crippen LogP) is 2.33. The molecule has 0 radical (unpaired) electrons. The standard InChI is InChI=1S/C14H12BrNO3/c1-3-6-16(2)8-10-13(18)11(15)7-9-4-5-12(17)19-14(9)10/h1,4-5,7,18H,6,8H2,2H3. The van der Waals surface area contributed by atoms with Crippen LogP contribution in [0.25, 0.3) is 11.0 Å². The highest BCUT2D eigenvalue weighted by Gasteiger charge is 2.15. The lowest BCUT2D eigenvalue weighted by Crippen LogP contribution is -2.18. The molecule has 0 fully saturated rings. The van der Waals surface area contributed by atoms with Gasteiger partial charge in [-0.05, 0) is 35.1 Å². The minimum absolute atomic E-state index is 0.0609. The molecule has 0 bridgehead atoms. The first-order chi connectivity index (χ1) is 9.02. The van der Waals surface area contributed by atoms with Crippen molar-refractivity contribution >= 4 is 26.9 Å². The van der Waals surface area contributed by atoms with Gasteiger partial charge in [0.05, 0.1) is 16.6 Å². The van der Waals surface area contributed by atoms with Crippen LogP contribution < -0.4 is 5.63 Å². The number of rotatable bonds is 3. The Morgan fingerprint density at radius 3 is 2.95 bits per heavy atom. The van der Waals surface area contributed by atoms with Crippen LogP contribution in [0.5, 0.6) is 5.75 Å². The fourth-order valence-electron chi connectivity index (χ4n) is 1.86. The summed E-state index contributed by atoms with van der Waals surface area (Å²) in [5.74, 6) is 2.58. The van der Waals surface area contributed by atoms with Gasteiger partial charge in [-0.2, -0.15) is 0 Å². The molecule has 0 saturated carbocycles. The van der Waals surface area contributed by atoms with Gasteiger partial charge in [-0.25, -0.2) is 4.79 Å². The van der Waals surface area contributed by atoms with E-state index in [1.54, 1.807) is 12.1 Å². The first kappa shape index (κ1) is 13.7. The Kier molecular flexibility index (Phi) is 3.93. The summed E-state index contributed by atoms with van der Waals surface area (Å²) in [6.45, 7) is 0.823. The molecule has 4 nitrogen and oxygen atoms in total. The highest BCUT2D eigenvalue weighted by molar-refractivity contribution is 9.10. The number of fused-ring (bicyclic) bond motifs is 1. The molecule has 1 heterocycles. The molecular weight excluding hydrogens is 310 g/mol. The average molecular weight is 322 g/mol. The fourth-order valence-corrected chi connectivity index (χ4v) is 2.35. The molecule has 1 N–H and O–H groups in total. The van der Waals surface area contributed by atoms with E-state index in [9.17, 15) is 9.90 Å². The molecule has 0 aliphatic carbocycles. The summed E-state index contributed by atoms with van der Waals surface area (Å²) in [6.07, 6.45) is 5.25. The van der Waals surface area contributed by atoms with Crippen molar-refractivity contribution in [2.75, 3.05) is 13.6 Å². The Labute approximate surface area is 118 Å². The quantitative estimate of drug-likeness (QED) is 0.696. The van der Waals surface area contributed by atoms with Gasteiger partial charge in [0, 0.05) is 18.0 Å². The van der Waals surface area contributed by atoms with Gasteiger partial charge in [-0.3, -0.25) is 4.90 Å². The molecule has 2 aromatic rings. The number of phenols is 1. The molecule has 19 heavy (non-hydrogen) atoms. The van der Waals surface area contributed by atoms with E-state index in [0.717, 1.165) is 5.39 Å². The summed E-state index contributed by atoms with van der Waals surface area (Å²) < 4.78 is 5.75. The zero-order valence-corrected chi connectivity index (χ0v) is 11.9. The molecule has 0 spiro atoms. The second kappa shape index (κ2) is 5.47. The van der Waals surface area contributed by atoms with Crippen LogP contribution >= 0.6 is 15.9 Å². The number of hydrogen-bond acceptors (Lipinski definition) is 4. The van der Waals surface area contributed by atoms with Gasteiger partial charge in [0.15, 0.2) is 0 Å². The summed E-state index contributed by atoms with van der Waals surface area (Å²) in [5, 5.41) is 10.9. The van der Waals surface area contributed by atoms with Crippen molar-refractivity contribution < 1.29 is 9.52 Å². The van der Waals surface area contributed by atoms with E-state index < -0.39 is 5.63 Å². The first-order valence-electron chi connectivity index (χ1n) is 5.59. The third-order valence-electron chi connectivity index (χ3n) is 2.72. The third-order valence-corrected chi connectivity index (χ3v) is 3.33. The van der Waals surface area contributed by atoms with Crippen LogP contribution in [-0.4, -0.2) is 23.6 Å². The maximum absolute atomic E-state index is 11.3. The van der Waals surface area contributed by atoms with Crippen molar-refractivity contribution in [1.82, 2.24) is 4.90 Å². The Balaban J connectivity index is 2.62. The lowest BCUT2D eigenvalue weighted by atomic mass is 10.1. The van der Waals surface area contributed by atoms with Gasteiger partial charge in [0.25, 0.3) is 0 Å². The lowest BCUT2D eigenvalue weighted by molar-refractivity contribution is 0.356. The van der Waals surface area contributed by atoms with E-state index in [1.165, 1.54) is 6.07 Å². The molecule has 1 aromatic carbocycles. The minimum Gasteiger partial charge on any atom is -0.506 e. The molecule has 0 saturated heterocycles. The van der Waals surface area contributed by atoms with Crippen molar-refractivity contribution in [3.8, 4) is 18.1 Å². The molecule has 0 unspecified atom stereocenters. The van der Waals surface area contributed by atoms with E-state index in [2.05, 4.69) is 21.9 Å². The van der Waals surface area contributed by atoms with E-state index in [4.69, 9.17) is 10.8 Å². The van der Waals surface area contributed by atoms with E-state index in [1.807, 2.05) is 11.9 Å². The Hall–Kier alpha value is -1.77. The van der Waals surface area contributed by atoms with Crippen LogP contribution in [0.4, 0.5) is 0 Å². The molecule has 2 rings (SSSR count). The number of terminal acetylenes is 1. The largest absolute Gasteiger partial charge is 0.506 e. The van der Waals surface area contributed by atoms with E-state index in [-0.39, 0.29) is 5.75 Å². The number of phenolic OH excluding ortho intramolecular Hbond substituents is 1. The topological polar surface area (TPSA) is 53.7 Å². The van der Waals surface area contributed by atoms with Crippen molar-refractivity contribution in [2.24, 2.45) is 0 Å². The number of hydrogen-bond donors (Lipinski definition) is 1. The van der Waals surface area contributed by atoms with Gasteiger partial charge in [-0.15, -0.1) is 6.42 Å². The summed E-state index contributed by atoms with van der Waals surface area (Å²) >= 11 is 3.29. The molecule has 0 aliphatic heterocycles. The molecule has 98 valence electrons. The molecule has 0 aliphatic rings. The number of benzene rings is 1. The first-order valence-corrected chi connectivity index (χ1v) is 6.38. The molecular formula is C14H12BrNO3. The van der Waals surface area contributed by atoms with Crippen LogP contribution in [-0.2, 0) is 6.54 Å². The van der Waals surface area contributed by atoms with Gasteiger partial charge in [0.2, 0.25) is 0 Å². The smallest absolute Gasteiger partial charge is 0.336 e. The van der Waals surface area contributed by atoms with E-state index >= 15 is 0 Å². The second-order valence-electron chi connectivity index (χ2n) is 4.23.